The number of hydrazine groups is 1. The molecule has 2 aromatic rings. The minimum absolute atomic E-state index is 0.148. The van der Waals surface area contributed by atoms with Crippen LogP contribution in [0.15, 0.2) is 30.3 Å². The number of benzene rings is 1. The molecule has 1 aliphatic rings. The van der Waals surface area contributed by atoms with E-state index in [1.165, 1.54) is 19.3 Å². The zero-order valence-electron chi connectivity index (χ0n) is 12.1. The number of fused-ring (bicyclic) bond motifs is 1. The molecule has 1 aromatic heterocycles. The highest BCUT2D eigenvalue weighted by Crippen LogP contribution is 2.39. The summed E-state index contributed by atoms with van der Waals surface area (Å²) >= 11 is 0. The summed E-state index contributed by atoms with van der Waals surface area (Å²) in [6.45, 7) is 2.91. The summed E-state index contributed by atoms with van der Waals surface area (Å²) in [7, 11) is 0. The summed E-state index contributed by atoms with van der Waals surface area (Å²) in [6.07, 6.45) is 3.60. The molecule has 0 unspecified atom stereocenters. The maximum Gasteiger partial charge on any atom is 0.270 e. The van der Waals surface area contributed by atoms with Crippen LogP contribution in [0.1, 0.15) is 36.7 Å². The van der Waals surface area contributed by atoms with Gasteiger partial charge in [-0.1, -0.05) is 37.6 Å². The molecule has 5 nitrogen and oxygen atoms in total. The van der Waals surface area contributed by atoms with Crippen LogP contribution in [0.25, 0.3) is 10.8 Å². The summed E-state index contributed by atoms with van der Waals surface area (Å²) in [5, 5.41) is 4.84. The minimum Gasteiger partial charge on any atom is -0.350 e. The SMILES string of the molecule is CC1(CNC(=O)c2cc3ccccc3c(NN)n2)CCC1. The van der Waals surface area contributed by atoms with Gasteiger partial charge in [-0.05, 0) is 29.7 Å². The number of nitrogens with zero attached hydrogens (tertiary/aromatic N) is 1. The van der Waals surface area contributed by atoms with E-state index in [-0.39, 0.29) is 11.3 Å². The predicted molar refractivity (Wildman–Crippen MR) is 83.8 cm³/mol. The first-order chi connectivity index (χ1) is 10.1. The Bertz CT molecular complexity index is 679. The third-order valence-electron chi connectivity index (χ3n) is 4.35. The molecule has 0 radical (unpaired) electrons. The molecular weight excluding hydrogens is 264 g/mol. The second-order valence-electron chi connectivity index (χ2n) is 6.07. The molecule has 0 aliphatic heterocycles. The van der Waals surface area contributed by atoms with E-state index in [0.717, 1.165) is 10.8 Å². The molecule has 21 heavy (non-hydrogen) atoms. The topological polar surface area (TPSA) is 80.0 Å². The first-order valence-electron chi connectivity index (χ1n) is 7.26. The summed E-state index contributed by atoms with van der Waals surface area (Å²) in [5.41, 5.74) is 3.21. The third kappa shape index (κ3) is 2.69. The number of hydrogen-bond acceptors (Lipinski definition) is 4. The van der Waals surface area contributed by atoms with Gasteiger partial charge in [0.2, 0.25) is 0 Å². The van der Waals surface area contributed by atoms with E-state index < -0.39 is 0 Å². The molecule has 1 aromatic carbocycles. The molecule has 1 amide bonds. The number of aromatic nitrogens is 1. The number of nitrogens with one attached hydrogen (secondary N) is 2. The Morgan fingerprint density at radius 2 is 2.14 bits per heavy atom. The number of nitrogens with two attached hydrogens (primary N) is 1. The van der Waals surface area contributed by atoms with Crippen LogP contribution in [0.5, 0.6) is 0 Å². The monoisotopic (exact) mass is 284 g/mol. The van der Waals surface area contributed by atoms with Crippen molar-refractivity contribution in [1.29, 1.82) is 0 Å². The Morgan fingerprint density at radius 3 is 2.81 bits per heavy atom. The highest BCUT2D eigenvalue weighted by atomic mass is 16.1. The van der Waals surface area contributed by atoms with Crippen LogP contribution in [0, 0.1) is 5.41 Å². The number of carbonyl (C=O) groups excluding carboxylic acids is 1. The second-order valence-corrected chi connectivity index (χ2v) is 6.07. The van der Waals surface area contributed by atoms with Crippen LogP contribution in [-0.2, 0) is 0 Å². The number of anilines is 1. The molecule has 1 fully saturated rings. The first kappa shape index (κ1) is 13.8. The van der Waals surface area contributed by atoms with Gasteiger partial charge in [0.15, 0.2) is 0 Å². The first-order valence-corrected chi connectivity index (χ1v) is 7.26. The van der Waals surface area contributed by atoms with E-state index in [2.05, 4.69) is 22.7 Å². The van der Waals surface area contributed by atoms with Gasteiger partial charge in [-0.2, -0.15) is 0 Å². The fraction of sp³-hybridized carbons (Fsp3) is 0.375. The zero-order valence-corrected chi connectivity index (χ0v) is 12.1. The lowest BCUT2D eigenvalue weighted by molar-refractivity contribution is 0.0886. The largest absolute Gasteiger partial charge is 0.350 e. The number of hydrogen-bond donors (Lipinski definition) is 3. The maximum atomic E-state index is 12.3. The quantitative estimate of drug-likeness (QED) is 0.595. The van der Waals surface area contributed by atoms with Crippen molar-refractivity contribution in [3.05, 3.63) is 36.0 Å². The number of pyridine rings is 1. The fourth-order valence-electron chi connectivity index (χ4n) is 2.77. The lowest BCUT2D eigenvalue weighted by Crippen LogP contribution is -2.40. The molecule has 0 saturated heterocycles. The standard InChI is InChI=1S/C16H20N4O/c1-16(7-4-8-16)10-18-15(21)13-9-11-5-2-3-6-12(11)14(19-13)20-17/h2-3,5-6,9H,4,7-8,10,17H2,1H3,(H,18,21)(H,19,20). The van der Waals surface area contributed by atoms with Gasteiger partial charge in [0, 0.05) is 11.9 Å². The van der Waals surface area contributed by atoms with E-state index in [1.807, 2.05) is 24.3 Å². The number of nitrogen functional groups attached to an aromatic ring is 1. The number of carbonyl (C=O) groups is 1. The molecule has 0 bridgehead atoms. The Labute approximate surface area is 123 Å². The molecule has 0 atom stereocenters. The fourth-order valence-corrected chi connectivity index (χ4v) is 2.77. The lowest BCUT2D eigenvalue weighted by Gasteiger charge is -2.38. The van der Waals surface area contributed by atoms with Gasteiger partial charge in [0.25, 0.3) is 5.91 Å². The zero-order chi connectivity index (χ0) is 14.9. The van der Waals surface area contributed by atoms with Crippen LogP contribution in [-0.4, -0.2) is 17.4 Å². The summed E-state index contributed by atoms with van der Waals surface area (Å²) in [6, 6.07) is 9.52. The highest BCUT2D eigenvalue weighted by molar-refractivity contribution is 6.00. The Kier molecular flexibility index (Phi) is 3.51. The second kappa shape index (κ2) is 5.33. The van der Waals surface area contributed by atoms with Crippen molar-refractivity contribution in [2.75, 3.05) is 12.0 Å². The van der Waals surface area contributed by atoms with Gasteiger partial charge >= 0.3 is 0 Å². The van der Waals surface area contributed by atoms with Crippen molar-refractivity contribution in [3.8, 4) is 0 Å². The molecule has 0 spiro atoms. The van der Waals surface area contributed by atoms with Gasteiger partial charge in [-0.3, -0.25) is 4.79 Å². The molecule has 1 heterocycles. The normalized spacial score (nSPS) is 16.3. The summed E-state index contributed by atoms with van der Waals surface area (Å²) < 4.78 is 0. The van der Waals surface area contributed by atoms with Crippen molar-refractivity contribution in [2.45, 2.75) is 26.2 Å². The molecule has 110 valence electrons. The van der Waals surface area contributed by atoms with Gasteiger partial charge < -0.3 is 10.7 Å². The van der Waals surface area contributed by atoms with Gasteiger partial charge in [-0.25, -0.2) is 10.8 Å². The molecule has 5 heteroatoms. The van der Waals surface area contributed by atoms with E-state index >= 15 is 0 Å². The van der Waals surface area contributed by atoms with Gasteiger partial charge in [-0.15, -0.1) is 0 Å². The maximum absolute atomic E-state index is 12.3. The lowest BCUT2D eigenvalue weighted by atomic mass is 9.70. The van der Waals surface area contributed by atoms with Crippen LogP contribution < -0.4 is 16.6 Å². The van der Waals surface area contributed by atoms with E-state index in [4.69, 9.17) is 5.84 Å². The molecule has 4 N–H and O–H groups in total. The molecular formula is C16H20N4O. The number of rotatable bonds is 4. The summed E-state index contributed by atoms with van der Waals surface area (Å²) in [5.74, 6) is 5.89. The van der Waals surface area contributed by atoms with Crippen molar-refractivity contribution < 1.29 is 4.79 Å². The smallest absolute Gasteiger partial charge is 0.270 e. The van der Waals surface area contributed by atoms with Crippen molar-refractivity contribution in [1.82, 2.24) is 10.3 Å². The summed E-state index contributed by atoms with van der Waals surface area (Å²) in [4.78, 5) is 16.6. The van der Waals surface area contributed by atoms with E-state index in [9.17, 15) is 4.79 Å². The van der Waals surface area contributed by atoms with Crippen molar-refractivity contribution >= 4 is 22.5 Å². The van der Waals surface area contributed by atoms with Gasteiger partial charge in [0.05, 0.1) is 0 Å². The molecule has 1 aliphatic carbocycles. The minimum atomic E-state index is -0.148. The Hall–Kier alpha value is -2.14. The van der Waals surface area contributed by atoms with Crippen LogP contribution in [0.3, 0.4) is 0 Å². The van der Waals surface area contributed by atoms with Crippen LogP contribution in [0.4, 0.5) is 5.82 Å². The van der Waals surface area contributed by atoms with Crippen LogP contribution in [0.2, 0.25) is 0 Å². The Morgan fingerprint density at radius 1 is 1.38 bits per heavy atom. The third-order valence-corrected chi connectivity index (χ3v) is 4.35. The van der Waals surface area contributed by atoms with Gasteiger partial charge in [0.1, 0.15) is 11.5 Å². The molecule has 3 rings (SSSR count). The average molecular weight is 284 g/mol. The Balaban J connectivity index is 1.84. The molecule has 1 saturated carbocycles. The van der Waals surface area contributed by atoms with E-state index in [0.29, 0.717) is 18.1 Å². The average Bonchev–Trinajstić information content (AvgIpc) is 2.49. The highest BCUT2D eigenvalue weighted by Gasteiger charge is 2.32. The van der Waals surface area contributed by atoms with Crippen molar-refractivity contribution in [2.24, 2.45) is 11.3 Å². The van der Waals surface area contributed by atoms with Crippen molar-refractivity contribution in [3.63, 3.8) is 0 Å². The number of amides is 1. The van der Waals surface area contributed by atoms with Crippen LogP contribution >= 0.6 is 0 Å². The van der Waals surface area contributed by atoms with E-state index in [1.54, 1.807) is 6.07 Å². The predicted octanol–water partition coefficient (Wildman–Crippen LogP) is 2.44.